The van der Waals surface area contributed by atoms with E-state index < -0.39 is 11.1 Å². The zero-order chi connectivity index (χ0) is 58.5. The van der Waals surface area contributed by atoms with Crippen LogP contribution < -0.4 is 58.6 Å². The molecular weight excluding hydrogens is 1040 g/mol. The van der Waals surface area contributed by atoms with Crippen LogP contribution in [-0.4, -0.2) is 84.8 Å². The van der Waals surface area contributed by atoms with Crippen LogP contribution >= 0.6 is 0 Å². The van der Waals surface area contributed by atoms with Gasteiger partial charge in [0, 0.05) is 12.1 Å². The molecule has 9 aromatic carbocycles. The summed E-state index contributed by atoms with van der Waals surface area (Å²) in [5, 5.41) is 10.5. The summed E-state index contributed by atoms with van der Waals surface area (Å²) in [4.78, 5) is 0. The summed E-state index contributed by atoms with van der Waals surface area (Å²) in [6, 6.07) is 73.6. The molecule has 3 N–H and O–H groups in total. The smallest absolute Gasteiger partial charge is 0.118 e. The SMILES string of the molecule is C.CNC(c1ccc(OC)cc1)(c1ccc(OC)cc1)c1ccc(OC)cc1.CNCNC(c1ccc(OC)cc1)(c1ccc(OC)cc1)c1ccc(OC)cc1.COc1ccc(C(C)(c2ccc(OC)cc2)c2ccc(OC)cc2)cc1. The molecule has 0 aliphatic heterocycles. The van der Waals surface area contributed by atoms with Crippen molar-refractivity contribution >= 4 is 0 Å². The zero-order valence-corrected chi connectivity index (χ0v) is 49.2. The first-order valence-electron chi connectivity index (χ1n) is 26.9. The van der Waals surface area contributed by atoms with Gasteiger partial charge in [0.15, 0.2) is 0 Å². The fourth-order valence-corrected chi connectivity index (χ4v) is 10.3. The fraction of sp³-hybridized carbons (Fsp3) is 0.239. The van der Waals surface area contributed by atoms with Gasteiger partial charge in [0.2, 0.25) is 0 Å². The van der Waals surface area contributed by atoms with Gasteiger partial charge in [-0.05, 0) is 180 Å². The van der Waals surface area contributed by atoms with Gasteiger partial charge in [-0.2, -0.15) is 0 Å². The zero-order valence-electron chi connectivity index (χ0n) is 49.2. The van der Waals surface area contributed by atoms with Gasteiger partial charge >= 0.3 is 0 Å². The molecule has 0 radical (unpaired) electrons. The first-order valence-corrected chi connectivity index (χ1v) is 26.9. The average molecular weight is 1120 g/mol. The molecule has 434 valence electrons. The van der Waals surface area contributed by atoms with E-state index in [4.69, 9.17) is 42.6 Å². The highest BCUT2D eigenvalue weighted by Gasteiger charge is 2.37. The molecule has 12 nitrogen and oxygen atoms in total. The van der Waals surface area contributed by atoms with Crippen LogP contribution in [0.25, 0.3) is 0 Å². The van der Waals surface area contributed by atoms with Gasteiger partial charge in [0.25, 0.3) is 0 Å². The van der Waals surface area contributed by atoms with Gasteiger partial charge in [-0.15, -0.1) is 0 Å². The van der Waals surface area contributed by atoms with Crippen LogP contribution in [-0.2, 0) is 16.5 Å². The van der Waals surface area contributed by atoms with E-state index in [0.29, 0.717) is 6.67 Å². The van der Waals surface area contributed by atoms with E-state index in [1.165, 1.54) is 16.7 Å². The van der Waals surface area contributed by atoms with E-state index in [2.05, 4.69) is 132 Å². The molecule has 0 fully saturated rings. The highest BCUT2D eigenvalue weighted by atomic mass is 16.5. The third-order valence-corrected chi connectivity index (χ3v) is 15.0. The van der Waals surface area contributed by atoms with Crippen molar-refractivity contribution in [2.24, 2.45) is 0 Å². The minimum absolute atomic E-state index is 0. The molecule has 0 atom stereocenters. The highest BCUT2D eigenvalue weighted by molar-refractivity contribution is 5.55. The summed E-state index contributed by atoms with van der Waals surface area (Å²) in [7, 11) is 19.0. The van der Waals surface area contributed by atoms with Gasteiger partial charge in [-0.3, -0.25) is 5.32 Å². The van der Waals surface area contributed by atoms with Crippen LogP contribution in [0.1, 0.15) is 64.4 Å². The number of hydrogen-bond acceptors (Lipinski definition) is 12. The second kappa shape index (κ2) is 30.2. The van der Waals surface area contributed by atoms with Crippen molar-refractivity contribution in [3.8, 4) is 51.7 Å². The van der Waals surface area contributed by atoms with Crippen molar-refractivity contribution < 1.29 is 42.6 Å². The lowest BCUT2D eigenvalue weighted by atomic mass is 9.71. The Bertz CT molecular complexity index is 2950. The lowest BCUT2D eigenvalue weighted by molar-refractivity contribution is 0.410. The normalized spacial score (nSPS) is 11.0. The van der Waals surface area contributed by atoms with E-state index in [0.717, 1.165) is 85.1 Å². The van der Waals surface area contributed by atoms with E-state index in [9.17, 15) is 0 Å². The van der Waals surface area contributed by atoms with E-state index >= 15 is 0 Å². The van der Waals surface area contributed by atoms with Crippen molar-refractivity contribution in [1.82, 2.24) is 16.0 Å². The molecule has 12 heteroatoms. The summed E-state index contributed by atoms with van der Waals surface area (Å²) in [6.07, 6.45) is 0. The van der Waals surface area contributed by atoms with Crippen molar-refractivity contribution in [2.75, 3.05) is 84.8 Å². The van der Waals surface area contributed by atoms with Gasteiger partial charge in [-0.25, -0.2) is 0 Å². The van der Waals surface area contributed by atoms with Crippen LogP contribution in [0.4, 0.5) is 0 Å². The van der Waals surface area contributed by atoms with Gasteiger partial charge in [-0.1, -0.05) is 117 Å². The van der Waals surface area contributed by atoms with E-state index in [1.807, 2.05) is 123 Å². The molecule has 0 heterocycles. The second-order valence-corrected chi connectivity index (χ2v) is 19.1. The quantitative estimate of drug-likeness (QED) is 0.0443. The van der Waals surface area contributed by atoms with Crippen LogP contribution in [0.3, 0.4) is 0 Å². The van der Waals surface area contributed by atoms with Crippen LogP contribution in [0.15, 0.2) is 218 Å². The standard InChI is InChI=1S/C24H28N2O3.C23H25NO3.C23H24O3.CH4/c1-25-17-26-24(18-5-11-21(27-2)12-6-18,19-7-13-22(28-3)14-8-19)20-9-15-23(29-4)16-10-20;1-24-23(17-5-11-20(25-2)12-6-17,18-7-13-21(26-3)14-8-18)19-9-15-22(27-4)16-10-19;1-23(17-5-11-20(24-2)12-6-17,18-7-13-21(25-3)14-8-18)19-9-15-22(26-4)16-10-19;/h5-16,25-26H,17H2,1-4H3;5-16,24H,1-4H3;5-16H,1-4H3;1H4. The summed E-state index contributed by atoms with van der Waals surface area (Å²) in [5.41, 5.74) is 8.79. The molecule has 0 saturated heterocycles. The van der Waals surface area contributed by atoms with Crippen LogP contribution in [0.5, 0.6) is 51.7 Å². The first-order chi connectivity index (χ1) is 40.0. The lowest BCUT2D eigenvalue weighted by Crippen LogP contribution is -2.47. The summed E-state index contributed by atoms with van der Waals surface area (Å²) >= 11 is 0. The first kappa shape index (κ1) is 63.2. The Morgan fingerprint density at radius 1 is 0.253 bits per heavy atom. The molecule has 83 heavy (non-hydrogen) atoms. The topological polar surface area (TPSA) is 119 Å². The predicted molar refractivity (Wildman–Crippen MR) is 335 cm³/mol. The molecule has 9 rings (SSSR count). The van der Waals surface area contributed by atoms with Gasteiger partial charge in [0.05, 0.1) is 75.1 Å². The summed E-state index contributed by atoms with van der Waals surface area (Å²) in [5.74, 6) is 7.48. The number of benzene rings is 9. The summed E-state index contributed by atoms with van der Waals surface area (Å²) < 4.78 is 48.1. The number of methoxy groups -OCH3 is 9. The van der Waals surface area contributed by atoms with Crippen molar-refractivity contribution in [3.63, 3.8) is 0 Å². The molecule has 0 unspecified atom stereocenters. The molecule has 0 amide bonds. The van der Waals surface area contributed by atoms with Gasteiger partial charge in [0.1, 0.15) is 51.7 Å². The third-order valence-electron chi connectivity index (χ3n) is 15.0. The lowest BCUT2D eigenvalue weighted by Gasteiger charge is -2.37. The Kier molecular flexibility index (Phi) is 23.0. The van der Waals surface area contributed by atoms with Crippen molar-refractivity contribution in [3.05, 3.63) is 268 Å². The molecule has 0 aliphatic carbocycles. The average Bonchev–Trinajstić information content (AvgIpc) is 3.42. The molecule has 0 aliphatic rings. The molecular formula is C71H81N3O9. The maximum absolute atomic E-state index is 5.37. The van der Waals surface area contributed by atoms with Crippen molar-refractivity contribution in [2.45, 2.75) is 30.8 Å². The Balaban J connectivity index is 0.000000199. The monoisotopic (exact) mass is 1120 g/mol. The van der Waals surface area contributed by atoms with Crippen LogP contribution in [0.2, 0.25) is 0 Å². The predicted octanol–water partition coefficient (Wildman–Crippen LogP) is 13.7. The van der Waals surface area contributed by atoms with E-state index in [1.54, 1.807) is 64.0 Å². The van der Waals surface area contributed by atoms with Crippen molar-refractivity contribution in [1.29, 1.82) is 0 Å². The number of nitrogens with one attached hydrogen (secondary N) is 3. The molecule has 0 bridgehead atoms. The number of hydrogen-bond donors (Lipinski definition) is 3. The minimum atomic E-state index is -0.576. The Morgan fingerprint density at radius 3 is 0.554 bits per heavy atom. The minimum Gasteiger partial charge on any atom is -0.497 e. The second-order valence-electron chi connectivity index (χ2n) is 19.1. The highest BCUT2D eigenvalue weighted by Crippen LogP contribution is 2.43. The number of ether oxygens (including phenoxy) is 9. The Labute approximate surface area is 492 Å². The fourth-order valence-electron chi connectivity index (χ4n) is 10.3. The Hall–Kier alpha value is -8.94. The maximum atomic E-state index is 5.37. The maximum Gasteiger partial charge on any atom is 0.118 e. The Morgan fingerprint density at radius 2 is 0.410 bits per heavy atom. The largest absolute Gasteiger partial charge is 0.497 e. The molecule has 0 spiro atoms. The number of rotatable bonds is 22. The molecule has 9 aromatic rings. The van der Waals surface area contributed by atoms with Gasteiger partial charge < -0.3 is 53.3 Å². The summed E-state index contributed by atoms with van der Waals surface area (Å²) in [6.45, 7) is 2.85. The molecule has 0 saturated carbocycles. The molecule has 0 aromatic heterocycles. The van der Waals surface area contributed by atoms with Crippen LogP contribution in [0, 0.1) is 0 Å². The third kappa shape index (κ3) is 14.2. The van der Waals surface area contributed by atoms with E-state index in [-0.39, 0.29) is 12.8 Å².